The molecule has 0 aromatic heterocycles. The number of amides is 2. The van der Waals surface area contributed by atoms with Crippen LogP contribution in [0.1, 0.15) is 25.3 Å². The average molecular weight is 307 g/mol. The van der Waals surface area contributed by atoms with Gasteiger partial charge >= 0.3 is 0 Å². The van der Waals surface area contributed by atoms with Gasteiger partial charge in [-0.05, 0) is 30.5 Å². The first-order chi connectivity index (χ1) is 10.5. The van der Waals surface area contributed by atoms with Crippen LogP contribution in [0.4, 0.5) is 4.39 Å². The van der Waals surface area contributed by atoms with Crippen molar-refractivity contribution in [1.82, 2.24) is 15.5 Å². The Hall–Kier alpha value is -1.95. The van der Waals surface area contributed by atoms with E-state index in [0.29, 0.717) is 32.2 Å². The second-order valence-corrected chi connectivity index (χ2v) is 5.60. The van der Waals surface area contributed by atoms with Crippen LogP contribution < -0.4 is 10.6 Å². The summed E-state index contributed by atoms with van der Waals surface area (Å²) in [6.07, 6.45) is 2.20. The fraction of sp³-hybridized carbons (Fsp3) is 0.500. The molecule has 2 rings (SSSR count). The van der Waals surface area contributed by atoms with Gasteiger partial charge in [0, 0.05) is 32.6 Å². The first kappa shape index (κ1) is 16.4. The van der Waals surface area contributed by atoms with Crippen LogP contribution in [0.15, 0.2) is 24.3 Å². The average Bonchev–Trinajstić information content (AvgIpc) is 3.30. The lowest BCUT2D eigenvalue weighted by Gasteiger charge is -2.21. The maximum absolute atomic E-state index is 12.9. The lowest BCUT2D eigenvalue weighted by molar-refractivity contribution is -0.123. The SMILES string of the molecule is CC(=O)NCCNC(=O)CN(Cc1ccc(F)cc1)C1CC1. The van der Waals surface area contributed by atoms with Crippen LogP contribution in [0.5, 0.6) is 0 Å². The third-order valence-corrected chi connectivity index (χ3v) is 3.53. The Bertz CT molecular complexity index is 515. The summed E-state index contributed by atoms with van der Waals surface area (Å²) in [6, 6.07) is 6.81. The van der Waals surface area contributed by atoms with E-state index in [1.807, 2.05) is 0 Å². The van der Waals surface area contributed by atoms with Gasteiger partial charge in [-0.15, -0.1) is 0 Å². The molecule has 0 radical (unpaired) electrons. The lowest BCUT2D eigenvalue weighted by atomic mass is 10.2. The van der Waals surface area contributed by atoms with Gasteiger partial charge in [0.05, 0.1) is 6.54 Å². The number of benzene rings is 1. The molecule has 22 heavy (non-hydrogen) atoms. The summed E-state index contributed by atoms with van der Waals surface area (Å²) in [7, 11) is 0. The minimum atomic E-state index is -0.252. The number of carbonyl (C=O) groups excluding carboxylic acids is 2. The first-order valence-corrected chi connectivity index (χ1v) is 7.54. The van der Waals surface area contributed by atoms with Crippen LogP contribution in [0.2, 0.25) is 0 Å². The smallest absolute Gasteiger partial charge is 0.234 e. The number of hydrogen-bond donors (Lipinski definition) is 2. The molecule has 5 nitrogen and oxygen atoms in total. The molecular formula is C16H22FN3O2. The third-order valence-electron chi connectivity index (χ3n) is 3.53. The van der Waals surface area contributed by atoms with Crippen molar-refractivity contribution in [3.05, 3.63) is 35.6 Å². The predicted octanol–water partition coefficient (Wildman–Crippen LogP) is 1.04. The Morgan fingerprint density at radius 3 is 2.41 bits per heavy atom. The van der Waals surface area contributed by atoms with E-state index in [2.05, 4.69) is 15.5 Å². The molecule has 1 aromatic rings. The summed E-state index contributed by atoms with van der Waals surface area (Å²) in [4.78, 5) is 24.8. The van der Waals surface area contributed by atoms with Gasteiger partial charge in [0.1, 0.15) is 5.82 Å². The molecule has 0 aliphatic heterocycles. The van der Waals surface area contributed by atoms with Crippen molar-refractivity contribution in [3.8, 4) is 0 Å². The Labute approximate surface area is 129 Å². The van der Waals surface area contributed by atoms with Crippen molar-refractivity contribution in [3.63, 3.8) is 0 Å². The monoisotopic (exact) mass is 307 g/mol. The molecule has 1 aliphatic rings. The molecule has 2 N–H and O–H groups in total. The highest BCUT2D eigenvalue weighted by Crippen LogP contribution is 2.28. The maximum Gasteiger partial charge on any atom is 0.234 e. The van der Waals surface area contributed by atoms with E-state index in [9.17, 15) is 14.0 Å². The van der Waals surface area contributed by atoms with Gasteiger partial charge in [-0.2, -0.15) is 0 Å². The topological polar surface area (TPSA) is 61.4 Å². The van der Waals surface area contributed by atoms with Crippen molar-refractivity contribution in [2.24, 2.45) is 0 Å². The lowest BCUT2D eigenvalue weighted by Crippen LogP contribution is -2.40. The molecule has 1 aliphatic carbocycles. The highest BCUT2D eigenvalue weighted by molar-refractivity contribution is 5.78. The van der Waals surface area contributed by atoms with Crippen LogP contribution in [0.25, 0.3) is 0 Å². The summed E-state index contributed by atoms with van der Waals surface area (Å²) in [5.74, 6) is -0.415. The van der Waals surface area contributed by atoms with Crippen molar-refractivity contribution < 1.29 is 14.0 Å². The van der Waals surface area contributed by atoms with Gasteiger partial charge < -0.3 is 10.6 Å². The summed E-state index contributed by atoms with van der Waals surface area (Å²) in [6.45, 7) is 3.27. The van der Waals surface area contributed by atoms with Gasteiger partial charge in [-0.25, -0.2) is 4.39 Å². The first-order valence-electron chi connectivity index (χ1n) is 7.54. The molecule has 0 spiro atoms. The van der Waals surface area contributed by atoms with E-state index in [4.69, 9.17) is 0 Å². The van der Waals surface area contributed by atoms with Crippen LogP contribution in [0, 0.1) is 5.82 Å². The van der Waals surface area contributed by atoms with Crippen molar-refractivity contribution in [2.75, 3.05) is 19.6 Å². The second-order valence-electron chi connectivity index (χ2n) is 5.60. The van der Waals surface area contributed by atoms with Crippen LogP contribution in [0.3, 0.4) is 0 Å². The predicted molar refractivity (Wildman–Crippen MR) is 81.5 cm³/mol. The van der Waals surface area contributed by atoms with Gasteiger partial charge in [0.2, 0.25) is 11.8 Å². The molecule has 0 heterocycles. The van der Waals surface area contributed by atoms with Crippen LogP contribution >= 0.6 is 0 Å². The van der Waals surface area contributed by atoms with E-state index < -0.39 is 0 Å². The Kier molecular flexibility index (Phi) is 5.89. The summed E-state index contributed by atoms with van der Waals surface area (Å²) < 4.78 is 12.9. The zero-order chi connectivity index (χ0) is 15.9. The van der Waals surface area contributed by atoms with E-state index >= 15 is 0 Å². The molecule has 1 fully saturated rings. The zero-order valence-corrected chi connectivity index (χ0v) is 12.8. The van der Waals surface area contributed by atoms with Gasteiger partial charge in [0.15, 0.2) is 0 Å². The molecule has 1 saturated carbocycles. The van der Waals surface area contributed by atoms with Crippen molar-refractivity contribution >= 4 is 11.8 Å². The summed E-state index contributed by atoms with van der Waals surface area (Å²) in [5.41, 5.74) is 0.999. The molecule has 6 heteroatoms. The summed E-state index contributed by atoms with van der Waals surface area (Å²) >= 11 is 0. The second kappa shape index (κ2) is 7.89. The third kappa shape index (κ3) is 5.81. The van der Waals surface area contributed by atoms with Crippen molar-refractivity contribution in [2.45, 2.75) is 32.4 Å². The fourth-order valence-corrected chi connectivity index (χ4v) is 2.26. The van der Waals surface area contributed by atoms with Gasteiger partial charge in [-0.3, -0.25) is 14.5 Å². The number of nitrogens with one attached hydrogen (secondary N) is 2. The Morgan fingerprint density at radius 1 is 1.18 bits per heavy atom. The highest BCUT2D eigenvalue weighted by atomic mass is 19.1. The largest absolute Gasteiger partial charge is 0.355 e. The van der Waals surface area contributed by atoms with E-state index in [-0.39, 0.29) is 17.6 Å². The minimum Gasteiger partial charge on any atom is -0.355 e. The molecular weight excluding hydrogens is 285 g/mol. The standard InChI is InChI=1S/C16H22FN3O2/c1-12(21)18-8-9-19-16(22)11-20(15-6-7-15)10-13-2-4-14(17)5-3-13/h2-5,15H,6-11H2,1H3,(H,18,21)(H,19,22). The van der Waals surface area contributed by atoms with Crippen LogP contribution in [-0.4, -0.2) is 42.4 Å². The fourth-order valence-electron chi connectivity index (χ4n) is 2.26. The van der Waals surface area contributed by atoms with E-state index in [1.54, 1.807) is 12.1 Å². The molecule has 0 unspecified atom stereocenters. The molecule has 120 valence electrons. The zero-order valence-electron chi connectivity index (χ0n) is 12.8. The molecule has 1 aromatic carbocycles. The molecule has 0 bridgehead atoms. The number of rotatable bonds is 8. The molecule has 0 atom stereocenters. The number of nitrogens with zero attached hydrogens (tertiary/aromatic N) is 1. The normalized spacial score (nSPS) is 14.0. The number of halogens is 1. The summed E-state index contributed by atoms with van der Waals surface area (Å²) in [5, 5.41) is 5.42. The highest BCUT2D eigenvalue weighted by Gasteiger charge is 2.30. The number of hydrogen-bond acceptors (Lipinski definition) is 3. The van der Waals surface area contributed by atoms with Crippen LogP contribution in [-0.2, 0) is 16.1 Å². The Balaban J connectivity index is 1.77. The molecule has 0 saturated heterocycles. The minimum absolute atomic E-state index is 0.0561. The molecule has 2 amide bonds. The number of carbonyl (C=O) groups is 2. The van der Waals surface area contributed by atoms with E-state index in [0.717, 1.165) is 18.4 Å². The Morgan fingerprint density at radius 2 is 1.82 bits per heavy atom. The maximum atomic E-state index is 12.9. The van der Waals surface area contributed by atoms with E-state index in [1.165, 1.54) is 19.1 Å². The quantitative estimate of drug-likeness (QED) is 0.706. The van der Waals surface area contributed by atoms with Gasteiger partial charge in [-0.1, -0.05) is 12.1 Å². The van der Waals surface area contributed by atoms with Crippen molar-refractivity contribution in [1.29, 1.82) is 0 Å². The van der Waals surface area contributed by atoms with Gasteiger partial charge in [0.25, 0.3) is 0 Å².